The molecule has 0 unspecified atom stereocenters. The number of nitrogens with one attached hydrogen (secondary N) is 2. The zero-order chi connectivity index (χ0) is 12.9. The molecule has 0 spiro atoms. The number of amides is 1. The molecular formula is C12H27N3O2. The van der Waals surface area contributed by atoms with E-state index in [1.165, 1.54) is 0 Å². The minimum Gasteiger partial charge on any atom is -0.383 e. The Morgan fingerprint density at radius 3 is 2.53 bits per heavy atom. The van der Waals surface area contributed by atoms with Gasteiger partial charge in [-0.25, -0.2) is 0 Å². The molecule has 0 atom stereocenters. The van der Waals surface area contributed by atoms with Crippen LogP contribution < -0.4 is 10.6 Å². The highest BCUT2D eigenvalue weighted by Crippen LogP contribution is 1.88. The Bertz CT molecular complexity index is 185. The number of nitrogens with zero attached hydrogens (tertiary/aromatic N) is 1. The maximum atomic E-state index is 11.4. The highest BCUT2D eigenvalue weighted by molar-refractivity contribution is 5.77. The lowest BCUT2D eigenvalue weighted by atomic mass is 10.3. The monoisotopic (exact) mass is 245 g/mol. The van der Waals surface area contributed by atoms with Crippen LogP contribution in [-0.4, -0.2) is 63.8 Å². The Labute approximate surface area is 105 Å². The average molecular weight is 245 g/mol. The van der Waals surface area contributed by atoms with E-state index in [1.807, 2.05) is 0 Å². The maximum Gasteiger partial charge on any atom is 0.233 e. The highest BCUT2D eigenvalue weighted by atomic mass is 16.5. The molecule has 17 heavy (non-hydrogen) atoms. The van der Waals surface area contributed by atoms with Crippen LogP contribution in [-0.2, 0) is 9.53 Å². The molecule has 0 heterocycles. The molecule has 0 aromatic carbocycles. The van der Waals surface area contributed by atoms with E-state index >= 15 is 0 Å². The van der Waals surface area contributed by atoms with E-state index in [0.717, 1.165) is 32.6 Å². The van der Waals surface area contributed by atoms with Crippen molar-refractivity contribution < 1.29 is 9.53 Å². The van der Waals surface area contributed by atoms with Crippen LogP contribution in [0.5, 0.6) is 0 Å². The number of carbonyl (C=O) groups excluding carboxylic acids is 1. The minimum absolute atomic E-state index is 0.0562. The maximum absolute atomic E-state index is 11.4. The van der Waals surface area contributed by atoms with Crippen molar-refractivity contribution in [3.8, 4) is 0 Å². The topological polar surface area (TPSA) is 53.6 Å². The summed E-state index contributed by atoms with van der Waals surface area (Å²) in [7, 11) is 1.65. The summed E-state index contributed by atoms with van der Waals surface area (Å²) < 4.78 is 4.87. The molecule has 0 radical (unpaired) electrons. The number of hydrogen-bond donors (Lipinski definition) is 2. The second kappa shape index (κ2) is 11.8. The van der Waals surface area contributed by atoms with Crippen LogP contribution in [0.4, 0.5) is 0 Å². The molecule has 0 aromatic rings. The van der Waals surface area contributed by atoms with Crippen molar-refractivity contribution in [2.24, 2.45) is 0 Å². The zero-order valence-electron chi connectivity index (χ0n) is 11.4. The lowest BCUT2D eigenvalue weighted by molar-refractivity contribution is -0.120. The Morgan fingerprint density at radius 1 is 1.24 bits per heavy atom. The standard InChI is InChI=1S/C12H27N3O2/c1-4-15(5-2)9-6-7-14-12(16)11-13-8-10-17-3/h13H,4-11H2,1-3H3,(H,14,16). The largest absolute Gasteiger partial charge is 0.383 e. The SMILES string of the molecule is CCN(CC)CCCNC(=O)CNCCOC. The van der Waals surface area contributed by atoms with Gasteiger partial charge in [0.1, 0.15) is 0 Å². The van der Waals surface area contributed by atoms with Gasteiger partial charge in [0.15, 0.2) is 0 Å². The fourth-order valence-corrected chi connectivity index (χ4v) is 1.51. The molecular weight excluding hydrogens is 218 g/mol. The first-order chi connectivity index (χ1) is 8.24. The molecule has 0 aliphatic carbocycles. The Balaban J connectivity index is 3.32. The molecule has 102 valence electrons. The molecule has 0 aliphatic heterocycles. The van der Waals surface area contributed by atoms with Gasteiger partial charge < -0.3 is 20.3 Å². The third-order valence-corrected chi connectivity index (χ3v) is 2.64. The molecule has 0 fully saturated rings. The Morgan fingerprint density at radius 2 is 1.94 bits per heavy atom. The third-order valence-electron chi connectivity index (χ3n) is 2.64. The molecule has 0 saturated carbocycles. The number of methoxy groups -OCH3 is 1. The van der Waals surface area contributed by atoms with E-state index < -0.39 is 0 Å². The molecule has 0 bridgehead atoms. The van der Waals surface area contributed by atoms with E-state index in [1.54, 1.807) is 7.11 Å². The predicted molar refractivity (Wildman–Crippen MR) is 70.2 cm³/mol. The summed E-state index contributed by atoms with van der Waals surface area (Å²) in [5.74, 6) is 0.0562. The summed E-state index contributed by atoms with van der Waals surface area (Å²) in [6.45, 7) is 9.97. The van der Waals surface area contributed by atoms with Gasteiger partial charge in [-0.3, -0.25) is 4.79 Å². The fourth-order valence-electron chi connectivity index (χ4n) is 1.51. The summed E-state index contributed by atoms with van der Waals surface area (Å²) in [6, 6.07) is 0. The first-order valence-electron chi connectivity index (χ1n) is 6.43. The van der Waals surface area contributed by atoms with Crippen molar-refractivity contribution in [3.05, 3.63) is 0 Å². The minimum atomic E-state index is 0.0562. The molecule has 0 aliphatic rings. The van der Waals surface area contributed by atoms with Crippen LogP contribution >= 0.6 is 0 Å². The lowest BCUT2D eigenvalue weighted by Gasteiger charge is -2.17. The number of hydrogen-bond acceptors (Lipinski definition) is 4. The second-order valence-electron chi connectivity index (χ2n) is 3.90. The third kappa shape index (κ3) is 10.2. The van der Waals surface area contributed by atoms with E-state index in [-0.39, 0.29) is 5.91 Å². The van der Waals surface area contributed by atoms with Crippen molar-refractivity contribution in [3.63, 3.8) is 0 Å². The van der Waals surface area contributed by atoms with E-state index in [9.17, 15) is 4.79 Å². The van der Waals surface area contributed by atoms with Gasteiger partial charge in [-0.2, -0.15) is 0 Å². The van der Waals surface area contributed by atoms with Crippen LogP contribution in [0.15, 0.2) is 0 Å². The summed E-state index contributed by atoms with van der Waals surface area (Å²) >= 11 is 0. The van der Waals surface area contributed by atoms with Crippen molar-refractivity contribution in [1.82, 2.24) is 15.5 Å². The van der Waals surface area contributed by atoms with Gasteiger partial charge >= 0.3 is 0 Å². The summed E-state index contributed by atoms with van der Waals surface area (Å²) in [5.41, 5.74) is 0. The average Bonchev–Trinajstić information content (AvgIpc) is 2.35. The lowest BCUT2D eigenvalue weighted by Crippen LogP contribution is -2.36. The normalized spacial score (nSPS) is 10.8. The molecule has 5 heteroatoms. The first kappa shape index (κ1) is 16.4. The van der Waals surface area contributed by atoms with Crippen LogP contribution in [0.1, 0.15) is 20.3 Å². The summed E-state index contributed by atoms with van der Waals surface area (Å²) in [6.07, 6.45) is 1.01. The second-order valence-corrected chi connectivity index (χ2v) is 3.90. The van der Waals surface area contributed by atoms with Gasteiger partial charge in [-0.05, 0) is 26.1 Å². The van der Waals surface area contributed by atoms with Crippen LogP contribution in [0.3, 0.4) is 0 Å². The van der Waals surface area contributed by atoms with Crippen molar-refractivity contribution in [2.75, 3.05) is 53.0 Å². The molecule has 1 amide bonds. The molecule has 2 N–H and O–H groups in total. The molecule has 5 nitrogen and oxygen atoms in total. The van der Waals surface area contributed by atoms with Crippen molar-refractivity contribution in [1.29, 1.82) is 0 Å². The first-order valence-corrected chi connectivity index (χ1v) is 6.43. The smallest absolute Gasteiger partial charge is 0.233 e. The van der Waals surface area contributed by atoms with Gasteiger partial charge in [0.2, 0.25) is 5.91 Å². The number of rotatable bonds is 11. The van der Waals surface area contributed by atoms with Gasteiger partial charge in [-0.15, -0.1) is 0 Å². The molecule has 0 saturated heterocycles. The summed E-state index contributed by atoms with van der Waals surface area (Å²) in [5, 5.41) is 5.90. The van der Waals surface area contributed by atoms with E-state index in [0.29, 0.717) is 19.7 Å². The van der Waals surface area contributed by atoms with Gasteiger partial charge in [0.05, 0.1) is 13.2 Å². The number of carbonyl (C=O) groups is 1. The Hall–Kier alpha value is -0.650. The zero-order valence-corrected chi connectivity index (χ0v) is 11.4. The van der Waals surface area contributed by atoms with Crippen molar-refractivity contribution in [2.45, 2.75) is 20.3 Å². The highest BCUT2D eigenvalue weighted by Gasteiger charge is 2.01. The van der Waals surface area contributed by atoms with Gasteiger partial charge in [0, 0.05) is 20.2 Å². The van der Waals surface area contributed by atoms with E-state index in [4.69, 9.17) is 4.74 Å². The molecule has 0 rings (SSSR count). The van der Waals surface area contributed by atoms with Gasteiger partial charge in [0.25, 0.3) is 0 Å². The predicted octanol–water partition coefficient (Wildman–Crippen LogP) is 0.0705. The summed E-state index contributed by atoms with van der Waals surface area (Å²) in [4.78, 5) is 13.7. The molecule has 0 aromatic heterocycles. The fraction of sp³-hybridized carbons (Fsp3) is 0.917. The number of ether oxygens (including phenoxy) is 1. The quantitative estimate of drug-likeness (QED) is 0.506. The van der Waals surface area contributed by atoms with Crippen LogP contribution in [0.2, 0.25) is 0 Å². The van der Waals surface area contributed by atoms with E-state index in [2.05, 4.69) is 29.4 Å². The van der Waals surface area contributed by atoms with Crippen LogP contribution in [0, 0.1) is 0 Å². The van der Waals surface area contributed by atoms with Crippen LogP contribution in [0.25, 0.3) is 0 Å². The Kier molecular flexibility index (Phi) is 11.4. The van der Waals surface area contributed by atoms with Crippen molar-refractivity contribution >= 4 is 5.91 Å². The van der Waals surface area contributed by atoms with Gasteiger partial charge in [-0.1, -0.05) is 13.8 Å².